The first-order valence-electron chi connectivity index (χ1n) is 12.1. The van der Waals surface area contributed by atoms with Crippen molar-refractivity contribution in [2.75, 3.05) is 51.8 Å². The van der Waals surface area contributed by atoms with Gasteiger partial charge in [0.15, 0.2) is 0 Å². The molecule has 0 spiro atoms. The van der Waals surface area contributed by atoms with Crippen molar-refractivity contribution in [3.05, 3.63) is 66.1 Å². The molecule has 37 heavy (non-hydrogen) atoms. The van der Waals surface area contributed by atoms with Gasteiger partial charge in [0.05, 0.1) is 18.8 Å². The second kappa shape index (κ2) is 11.3. The summed E-state index contributed by atoms with van der Waals surface area (Å²) in [6, 6.07) is 14.7. The summed E-state index contributed by atoms with van der Waals surface area (Å²) in [5.74, 6) is 2.41. The largest absolute Gasteiger partial charge is 0.492 e. The van der Waals surface area contributed by atoms with Gasteiger partial charge in [-0.15, -0.1) is 0 Å². The summed E-state index contributed by atoms with van der Waals surface area (Å²) in [7, 11) is 1.59. The molecule has 2 aromatic carbocycles. The Labute approximate surface area is 214 Å². The molecule has 3 heterocycles. The minimum Gasteiger partial charge on any atom is -0.492 e. The van der Waals surface area contributed by atoms with Crippen LogP contribution in [0.4, 0.5) is 11.6 Å². The summed E-state index contributed by atoms with van der Waals surface area (Å²) in [5.41, 5.74) is 1.88. The predicted molar refractivity (Wildman–Crippen MR) is 139 cm³/mol. The fourth-order valence-electron chi connectivity index (χ4n) is 4.16. The number of nitrogens with zero attached hydrogens (tertiary/aromatic N) is 3. The number of rotatable bonds is 9. The Morgan fingerprint density at radius 1 is 1.11 bits per heavy atom. The molecule has 192 valence electrons. The molecule has 0 unspecified atom stereocenters. The minimum absolute atomic E-state index is 0.192. The van der Waals surface area contributed by atoms with Crippen LogP contribution in [-0.2, 0) is 4.74 Å². The van der Waals surface area contributed by atoms with Crippen molar-refractivity contribution in [2.24, 2.45) is 0 Å². The fourth-order valence-corrected chi connectivity index (χ4v) is 4.16. The second-order valence-corrected chi connectivity index (χ2v) is 8.55. The van der Waals surface area contributed by atoms with Crippen LogP contribution in [0.25, 0.3) is 11.0 Å². The quantitative estimate of drug-likeness (QED) is 0.348. The molecular formula is C27H29N5O5. The summed E-state index contributed by atoms with van der Waals surface area (Å²) in [6.07, 6.45) is 1.62. The molecule has 1 amide bonds. The maximum Gasteiger partial charge on any atom is 0.255 e. The number of fused-ring (bicyclic) bond motifs is 1. The zero-order valence-electron chi connectivity index (χ0n) is 20.8. The fraction of sp³-hybridized carbons (Fsp3) is 0.296. The van der Waals surface area contributed by atoms with Gasteiger partial charge in [0.1, 0.15) is 29.4 Å². The first kappa shape index (κ1) is 24.5. The molecule has 0 radical (unpaired) electrons. The Kier molecular flexibility index (Phi) is 7.48. The lowest BCUT2D eigenvalue weighted by Crippen LogP contribution is -2.38. The summed E-state index contributed by atoms with van der Waals surface area (Å²) >= 11 is 0. The number of hydrogen-bond donors (Lipinski definition) is 2. The van der Waals surface area contributed by atoms with Crippen LogP contribution in [0.3, 0.4) is 0 Å². The zero-order chi connectivity index (χ0) is 25.6. The van der Waals surface area contributed by atoms with Gasteiger partial charge in [-0.1, -0.05) is 6.07 Å². The van der Waals surface area contributed by atoms with E-state index < -0.39 is 0 Å². The number of anilines is 2. The lowest BCUT2D eigenvalue weighted by atomic mass is 10.1. The number of nitrogens with one attached hydrogen (secondary N) is 2. The third-order valence-electron chi connectivity index (χ3n) is 6.01. The van der Waals surface area contributed by atoms with E-state index in [-0.39, 0.29) is 5.91 Å². The third kappa shape index (κ3) is 5.99. The molecule has 5 rings (SSSR count). The standard InChI is InChI=1S/C27H29N5O5/c1-18-25(26(33)28-2)22-7-6-21(17-23(22)36-18)37-24-8-9-29-27(31-24)30-19-4-3-5-20(16-19)35-15-12-32-10-13-34-14-11-32/h3-9,16-17H,10-15H2,1-2H3,(H,28,33)(H,29,30,31). The molecule has 0 saturated carbocycles. The van der Waals surface area contributed by atoms with Gasteiger partial charge in [-0.2, -0.15) is 4.98 Å². The van der Waals surface area contributed by atoms with Gasteiger partial charge in [0.25, 0.3) is 5.91 Å². The Morgan fingerprint density at radius 2 is 1.97 bits per heavy atom. The number of morpholine rings is 1. The Bertz CT molecular complexity index is 1380. The van der Waals surface area contributed by atoms with E-state index in [0.29, 0.717) is 41.1 Å². The first-order chi connectivity index (χ1) is 18.1. The average Bonchev–Trinajstić information content (AvgIpc) is 3.24. The maximum absolute atomic E-state index is 12.2. The predicted octanol–water partition coefficient (Wildman–Crippen LogP) is 4.14. The highest BCUT2D eigenvalue weighted by molar-refractivity contribution is 6.07. The van der Waals surface area contributed by atoms with E-state index in [4.69, 9.17) is 18.6 Å². The molecule has 1 fully saturated rings. The number of aromatic nitrogens is 2. The van der Waals surface area contributed by atoms with Gasteiger partial charge in [0.2, 0.25) is 11.8 Å². The van der Waals surface area contributed by atoms with Gasteiger partial charge in [-0.05, 0) is 31.2 Å². The first-order valence-corrected chi connectivity index (χ1v) is 12.1. The lowest BCUT2D eigenvalue weighted by molar-refractivity contribution is 0.0322. The van der Waals surface area contributed by atoms with Crippen molar-refractivity contribution >= 4 is 28.5 Å². The number of carbonyl (C=O) groups is 1. The zero-order valence-corrected chi connectivity index (χ0v) is 20.8. The van der Waals surface area contributed by atoms with Crippen LogP contribution < -0.4 is 20.1 Å². The van der Waals surface area contributed by atoms with Crippen LogP contribution in [0.15, 0.2) is 59.1 Å². The summed E-state index contributed by atoms with van der Waals surface area (Å²) < 4.78 is 23.0. The van der Waals surface area contributed by atoms with Crippen molar-refractivity contribution in [3.63, 3.8) is 0 Å². The van der Waals surface area contributed by atoms with Crippen LogP contribution in [0.2, 0.25) is 0 Å². The molecule has 2 aromatic heterocycles. The molecule has 1 saturated heterocycles. The highest BCUT2D eigenvalue weighted by Gasteiger charge is 2.18. The number of benzene rings is 2. The molecule has 0 atom stereocenters. The topological polar surface area (TPSA) is 111 Å². The smallest absolute Gasteiger partial charge is 0.255 e. The lowest BCUT2D eigenvalue weighted by Gasteiger charge is -2.26. The number of hydrogen-bond acceptors (Lipinski definition) is 9. The van der Waals surface area contributed by atoms with Crippen molar-refractivity contribution in [1.29, 1.82) is 0 Å². The van der Waals surface area contributed by atoms with Gasteiger partial charge in [-0.3, -0.25) is 9.69 Å². The van der Waals surface area contributed by atoms with Gasteiger partial charge in [-0.25, -0.2) is 4.98 Å². The minimum atomic E-state index is -0.192. The molecule has 0 aliphatic carbocycles. The number of ether oxygens (including phenoxy) is 3. The van der Waals surface area contributed by atoms with Crippen LogP contribution in [-0.4, -0.2) is 67.3 Å². The summed E-state index contributed by atoms with van der Waals surface area (Å²) in [5, 5.41) is 6.56. The van der Waals surface area contributed by atoms with E-state index in [1.165, 1.54) is 0 Å². The van der Waals surface area contributed by atoms with E-state index in [1.807, 2.05) is 24.3 Å². The maximum atomic E-state index is 12.2. The SMILES string of the molecule is CNC(=O)c1c(C)oc2cc(Oc3ccnc(Nc4cccc(OCCN5CCOCC5)c4)n3)ccc12. The van der Waals surface area contributed by atoms with E-state index in [9.17, 15) is 4.79 Å². The average molecular weight is 504 g/mol. The number of carbonyl (C=O) groups excluding carboxylic acids is 1. The van der Waals surface area contributed by atoms with E-state index in [2.05, 4.69) is 25.5 Å². The molecule has 10 heteroatoms. The molecule has 1 aliphatic rings. The van der Waals surface area contributed by atoms with Gasteiger partial charge in [0, 0.05) is 62.2 Å². The third-order valence-corrected chi connectivity index (χ3v) is 6.01. The molecule has 0 bridgehead atoms. The molecule has 4 aromatic rings. The number of amides is 1. The Morgan fingerprint density at radius 3 is 2.81 bits per heavy atom. The van der Waals surface area contributed by atoms with Crippen molar-refractivity contribution < 1.29 is 23.4 Å². The van der Waals surface area contributed by atoms with E-state index >= 15 is 0 Å². The van der Waals surface area contributed by atoms with Crippen molar-refractivity contribution in [2.45, 2.75) is 6.92 Å². The van der Waals surface area contributed by atoms with Crippen molar-refractivity contribution in [1.82, 2.24) is 20.2 Å². The van der Waals surface area contributed by atoms with Crippen LogP contribution in [0.1, 0.15) is 16.1 Å². The second-order valence-electron chi connectivity index (χ2n) is 8.55. The summed E-state index contributed by atoms with van der Waals surface area (Å²) in [4.78, 5) is 23.3. The summed E-state index contributed by atoms with van der Waals surface area (Å²) in [6.45, 7) is 6.65. The van der Waals surface area contributed by atoms with E-state index in [1.54, 1.807) is 44.4 Å². The number of furan rings is 1. The Balaban J connectivity index is 1.22. The van der Waals surface area contributed by atoms with Crippen LogP contribution in [0.5, 0.6) is 17.4 Å². The normalized spacial score (nSPS) is 13.9. The highest BCUT2D eigenvalue weighted by Crippen LogP contribution is 2.31. The highest BCUT2D eigenvalue weighted by atomic mass is 16.5. The van der Waals surface area contributed by atoms with Crippen molar-refractivity contribution in [3.8, 4) is 17.4 Å². The van der Waals surface area contributed by atoms with Gasteiger partial charge >= 0.3 is 0 Å². The molecule has 10 nitrogen and oxygen atoms in total. The van der Waals surface area contributed by atoms with Crippen LogP contribution >= 0.6 is 0 Å². The van der Waals surface area contributed by atoms with Crippen LogP contribution in [0, 0.1) is 6.92 Å². The molecular weight excluding hydrogens is 474 g/mol. The molecule has 2 N–H and O–H groups in total. The van der Waals surface area contributed by atoms with E-state index in [0.717, 1.165) is 49.7 Å². The van der Waals surface area contributed by atoms with Gasteiger partial charge < -0.3 is 29.3 Å². The monoisotopic (exact) mass is 503 g/mol. The Hall–Kier alpha value is -4.15. The molecule has 1 aliphatic heterocycles. The number of aryl methyl sites for hydroxylation is 1.